The van der Waals surface area contributed by atoms with Gasteiger partial charge in [0.1, 0.15) is 0 Å². The summed E-state index contributed by atoms with van der Waals surface area (Å²) in [5.41, 5.74) is 0. The van der Waals surface area contributed by atoms with Crippen molar-refractivity contribution in [3.63, 3.8) is 0 Å². The monoisotopic (exact) mass is 236 g/mol. The van der Waals surface area contributed by atoms with Crippen LogP contribution in [0.5, 0.6) is 0 Å². The second-order valence-corrected chi connectivity index (χ2v) is 4.46. The Balaban J connectivity index is 1.82. The number of nitrogens with zero attached hydrogens (tertiary/aromatic N) is 3. The minimum atomic E-state index is 0.248. The molecule has 1 unspecified atom stereocenters. The number of aryl methyl sites for hydroxylation is 1. The minimum Gasteiger partial charge on any atom is -0.338 e. The number of carbonyl (C=O) groups is 1. The molecule has 1 atom stereocenters. The van der Waals surface area contributed by atoms with Crippen molar-refractivity contribution in [2.75, 3.05) is 20.1 Å². The average molecular weight is 236 g/mol. The van der Waals surface area contributed by atoms with Gasteiger partial charge in [-0.2, -0.15) is 5.10 Å². The molecular weight excluding hydrogens is 216 g/mol. The molecule has 1 aliphatic heterocycles. The van der Waals surface area contributed by atoms with Crippen molar-refractivity contribution in [2.24, 2.45) is 0 Å². The van der Waals surface area contributed by atoms with Gasteiger partial charge in [0.05, 0.1) is 0 Å². The van der Waals surface area contributed by atoms with E-state index in [1.54, 1.807) is 10.9 Å². The van der Waals surface area contributed by atoms with Crippen LogP contribution in [0.3, 0.4) is 0 Å². The van der Waals surface area contributed by atoms with Crippen LogP contribution in [0, 0.1) is 0 Å². The first-order chi connectivity index (χ1) is 8.31. The van der Waals surface area contributed by atoms with Gasteiger partial charge in [0, 0.05) is 44.5 Å². The summed E-state index contributed by atoms with van der Waals surface area (Å²) in [4.78, 5) is 14.1. The topological polar surface area (TPSA) is 50.2 Å². The lowest BCUT2D eigenvalue weighted by atomic mass is 10.2. The fourth-order valence-corrected chi connectivity index (χ4v) is 2.40. The van der Waals surface area contributed by atoms with E-state index in [4.69, 9.17) is 0 Å². The van der Waals surface area contributed by atoms with E-state index in [2.05, 4.69) is 10.4 Å². The predicted molar refractivity (Wildman–Crippen MR) is 65.5 cm³/mol. The highest BCUT2D eigenvalue weighted by atomic mass is 16.2. The molecule has 2 rings (SSSR count). The molecule has 0 aromatic carbocycles. The van der Waals surface area contributed by atoms with Gasteiger partial charge < -0.3 is 10.2 Å². The molecule has 0 spiro atoms. The third-order valence-electron chi connectivity index (χ3n) is 3.25. The van der Waals surface area contributed by atoms with Gasteiger partial charge in [-0.1, -0.05) is 0 Å². The Hall–Kier alpha value is -1.36. The smallest absolute Gasteiger partial charge is 0.224 e. The van der Waals surface area contributed by atoms with Crippen LogP contribution in [-0.4, -0.2) is 46.8 Å². The van der Waals surface area contributed by atoms with Crippen molar-refractivity contribution >= 4 is 5.91 Å². The Labute approximate surface area is 102 Å². The quantitative estimate of drug-likeness (QED) is 0.809. The first-order valence-electron chi connectivity index (χ1n) is 6.23. The Morgan fingerprint density at radius 2 is 2.47 bits per heavy atom. The normalized spacial score (nSPS) is 19.8. The Morgan fingerprint density at radius 3 is 3.18 bits per heavy atom. The van der Waals surface area contributed by atoms with Crippen molar-refractivity contribution in [1.29, 1.82) is 0 Å². The van der Waals surface area contributed by atoms with E-state index in [1.807, 2.05) is 24.2 Å². The lowest BCUT2D eigenvalue weighted by Gasteiger charge is -2.24. The average Bonchev–Trinajstić information content (AvgIpc) is 2.97. The van der Waals surface area contributed by atoms with Gasteiger partial charge in [0.15, 0.2) is 0 Å². The molecule has 2 heterocycles. The minimum absolute atomic E-state index is 0.248. The van der Waals surface area contributed by atoms with Crippen molar-refractivity contribution in [3.05, 3.63) is 18.5 Å². The van der Waals surface area contributed by atoms with Crippen LogP contribution in [0.1, 0.15) is 19.3 Å². The van der Waals surface area contributed by atoms with Gasteiger partial charge in [-0.05, 0) is 26.0 Å². The highest BCUT2D eigenvalue weighted by molar-refractivity contribution is 5.76. The van der Waals surface area contributed by atoms with Crippen LogP contribution in [0.25, 0.3) is 0 Å². The van der Waals surface area contributed by atoms with Crippen LogP contribution in [0.15, 0.2) is 18.5 Å². The molecular formula is C12H20N4O. The van der Waals surface area contributed by atoms with Crippen LogP contribution in [0.2, 0.25) is 0 Å². The summed E-state index contributed by atoms with van der Waals surface area (Å²) in [6, 6.07) is 2.26. The van der Waals surface area contributed by atoms with Gasteiger partial charge in [-0.25, -0.2) is 0 Å². The number of aromatic nitrogens is 2. The third-order valence-corrected chi connectivity index (χ3v) is 3.25. The first kappa shape index (κ1) is 12.1. The van der Waals surface area contributed by atoms with E-state index in [9.17, 15) is 4.79 Å². The van der Waals surface area contributed by atoms with Gasteiger partial charge >= 0.3 is 0 Å². The van der Waals surface area contributed by atoms with Crippen molar-refractivity contribution in [3.8, 4) is 0 Å². The van der Waals surface area contributed by atoms with Crippen LogP contribution in [0.4, 0.5) is 0 Å². The number of likely N-dealkylation sites (N-methyl/N-ethyl adjacent to an activating group) is 1. The Bertz CT molecular complexity index is 349. The molecule has 1 aromatic heterocycles. The molecule has 1 aromatic rings. The molecule has 5 heteroatoms. The zero-order valence-electron chi connectivity index (χ0n) is 10.3. The van der Waals surface area contributed by atoms with E-state index in [-0.39, 0.29) is 5.91 Å². The molecule has 0 bridgehead atoms. The zero-order chi connectivity index (χ0) is 12.1. The van der Waals surface area contributed by atoms with Crippen molar-refractivity contribution in [2.45, 2.75) is 31.8 Å². The molecule has 0 radical (unpaired) electrons. The molecule has 1 saturated heterocycles. The second-order valence-electron chi connectivity index (χ2n) is 4.46. The highest BCUT2D eigenvalue weighted by Crippen LogP contribution is 2.17. The summed E-state index contributed by atoms with van der Waals surface area (Å²) >= 11 is 0. The number of hydrogen-bond acceptors (Lipinski definition) is 3. The third kappa shape index (κ3) is 3.06. The summed E-state index contributed by atoms with van der Waals surface area (Å²) < 4.78 is 1.81. The van der Waals surface area contributed by atoms with Crippen molar-refractivity contribution < 1.29 is 4.79 Å². The molecule has 1 N–H and O–H groups in total. The summed E-state index contributed by atoms with van der Waals surface area (Å²) in [6.07, 6.45) is 6.42. The fourth-order valence-electron chi connectivity index (χ4n) is 2.40. The van der Waals surface area contributed by atoms with E-state index >= 15 is 0 Å². The Kier molecular flexibility index (Phi) is 4.14. The predicted octanol–water partition coefficient (Wildman–Crippen LogP) is 0.484. The van der Waals surface area contributed by atoms with Crippen LogP contribution < -0.4 is 5.32 Å². The van der Waals surface area contributed by atoms with Gasteiger partial charge in [-0.15, -0.1) is 0 Å². The SMILES string of the molecule is CNCC1CCCN1C(=O)CCn1cccn1. The maximum absolute atomic E-state index is 12.1. The largest absolute Gasteiger partial charge is 0.338 e. The number of carbonyl (C=O) groups excluding carboxylic acids is 1. The van der Waals surface area contributed by atoms with Crippen molar-refractivity contribution in [1.82, 2.24) is 20.0 Å². The van der Waals surface area contributed by atoms with Crippen LogP contribution >= 0.6 is 0 Å². The molecule has 0 aliphatic carbocycles. The summed E-state index contributed by atoms with van der Waals surface area (Å²) in [5.74, 6) is 0.248. The summed E-state index contributed by atoms with van der Waals surface area (Å²) in [7, 11) is 1.94. The van der Waals surface area contributed by atoms with E-state index in [0.717, 1.165) is 25.9 Å². The van der Waals surface area contributed by atoms with Crippen LogP contribution in [-0.2, 0) is 11.3 Å². The summed E-state index contributed by atoms with van der Waals surface area (Å²) in [6.45, 7) is 2.48. The fraction of sp³-hybridized carbons (Fsp3) is 0.667. The standard InChI is InChI=1S/C12H20N4O/c1-13-10-11-4-2-8-16(11)12(17)5-9-15-7-3-6-14-15/h3,6-7,11,13H,2,4-5,8-10H2,1H3. The van der Waals surface area contributed by atoms with E-state index in [1.165, 1.54) is 0 Å². The van der Waals surface area contributed by atoms with Gasteiger partial charge in [0.25, 0.3) is 0 Å². The zero-order valence-corrected chi connectivity index (χ0v) is 10.3. The second kappa shape index (κ2) is 5.82. The molecule has 1 amide bonds. The van der Waals surface area contributed by atoms with E-state index < -0.39 is 0 Å². The maximum Gasteiger partial charge on any atom is 0.224 e. The number of rotatable bonds is 5. The number of amides is 1. The number of likely N-dealkylation sites (tertiary alicyclic amines) is 1. The number of nitrogens with one attached hydrogen (secondary N) is 1. The maximum atomic E-state index is 12.1. The number of hydrogen-bond donors (Lipinski definition) is 1. The van der Waals surface area contributed by atoms with E-state index in [0.29, 0.717) is 19.0 Å². The molecule has 1 aliphatic rings. The molecule has 17 heavy (non-hydrogen) atoms. The Morgan fingerprint density at radius 1 is 1.59 bits per heavy atom. The molecule has 5 nitrogen and oxygen atoms in total. The lowest BCUT2D eigenvalue weighted by molar-refractivity contribution is -0.132. The molecule has 0 saturated carbocycles. The molecule has 94 valence electrons. The molecule has 1 fully saturated rings. The van der Waals surface area contributed by atoms with Gasteiger partial charge in [0.2, 0.25) is 5.91 Å². The lowest BCUT2D eigenvalue weighted by Crippen LogP contribution is -2.41. The summed E-state index contributed by atoms with van der Waals surface area (Å²) in [5, 5.41) is 7.26. The van der Waals surface area contributed by atoms with Gasteiger partial charge in [-0.3, -0.25) is 9.48 Å². The highest BCUT2D eigenvalue weighted by Gasteiger charge is 2.27. The first-order valence-corrected chi connectivity index (χ1v) is 6.23.